The highest BCUT2D eigenvalue weighted by molar-refractivity contribution is 5.95. The highest BCUT2D eigenvalue weighted by atomic mass is 16.3. The summed E-state index contributed by atoms with van der Waals surface area (Å²) in [5, 5.41) is 2.83. The number of aryl methyl sites for hydroxylation is 1. The van der Waals surface area contributed by atoms with Crippen LogP contribution in [0.1, 0.15) is 35.0 Å². The Morgan fingerprint density at radius 1 is 1.35 bits per heavy atom. The van der Waals surface area contributed by atoms with Gasteiger partial charge in [0.05, 0.1) is 11.8 Å². The van der Waals surface area contributed by atoms with Crippen molar-refractivity contribution in [1.82, 2.24) is 15.2 Å². The SMILES string of the molecule is CCN(CCC(=O)NCc1cccnc1)C(=O)c1ccoc1C. The first-order valence-electron chi connectivity index (χ1n) is 7.60. The Morgan fingerprint density at radius 2 is 2.17 bits per heavy atom. The number of hydrogen-bond acceptors (Lipinski definition) is 4. The molecule has 0 aliphatic heterocycles. The summed E-state index contributed by atoms with van der Waals surface area (Å²) in [5.41, 5.74) is 1.49. The maximum Gasteiger partial charge on any atom is 0.257 e. The van der Waals surface area contributed by atoms with Gasteiger partial charge < -0.3 is 14.6 Å². The van der Waals surface area contributed by atoms with Crippen molar-refractivity contribution < 1.29 is 14.0 Å². The molecule has 2 heterocycles. The Kier molecular flexibility index (Phi) is 5.91. The molecule has 2 aromatic heterocycles. The zero-order chi connectivity index (χ0) is 16.7. The van der Waals surface area contributed by atoms with E-state index in [0.29, 0.717) is 31.0 Å². The van der Waals surface area contributed by atoms with Crippen LogP contribution in [0.15, 0.2) is 41.3 Å². The average Bonchev–Trinajstić information content (AvgIpc) is 3.00. The summed E-state index contributed by atoms with van der Waals surface area (Å²) in [5.74, 6) is 0.386. The molecule has 1 N–H and O–H groups in total. The van der Waals surface area contributed by atoms with E-state index in [1.54, 1.807) is 30.3 Å². The van der Waals surface area contributed by atoms with Crippen LogP contribution in [0.2, 0.25) is 0 Å². The Balaban J connectivity index is 1.82. The van der Waals surface area contributed by atoms with Crippen LogP contribution < -0.4 is 5.32 Å². The van der Waals surface area contributed by atoms with Crippen LogP contribution in [0, 0.1) is 6.92 Å². The Labute approximate surface area is 135 Å². The van der Waals surface area contributed by atoms with E-state index in [1.165, 1.54) is 6.26 Å². The molecule has 2 aromatic rings. The van der Waals surface area contributed by atoms with Crippen molar-refractivity contribution >= 4 is 11.8 Å². The molecule has 0 spiro atoms. The average molecular weight is 315 g/mol. The maximum atomic E-state index is 12.4. The second kappa shape index (κ2) is 8.12. The third-order valence-electron chi connectivity index (χ3n) is 3.58. The fourth-order valence-corrected chi connectivity index (χ4v) is 2.21. The molecule has 6 heteroatoms. The first-order chi connectivity index (χ1) is 11.1. The van der Waals surface area contributed by atoms with E-state index in [1.807, 2.05) is 19.1 Å². The van der Waals surface area contributed by atoms with Gasteiger partial charge >= 0.3 is 0 Å². The van der Waals surface area contributed by atoms with Crippen molar-refractivity contribution in [1.29, 1.82) is 0 Å². The first-order valence-corrected chi connectivity index (χ1v) is 7.60. The molecule has 0 aromatic carbocycles. The van der Waals surface area contributed by atoms with E-state index in [4.69, 9.17) is 4.42 Å². The number of rotatable bonds is 7. The molecule has 0 bridgehead atoms. The number of furan rings is 1. The summed E-state index contributed by atoms with van der Waals surface area (Å²) in [6, 6.07) is 5.38. The van der Waals surface area contributed by atoms with Crippen LogP contribution in [-0.4, -0.2) is 34.8 Å². The van der Waals surface area contributed by atoms with Crippen molar-refractivity contribution in [3.05, 3.63) is 53.7 Å². The van der Waals surface area contributed by atoms with Crippen LogP contribution in [0.25, 0.3) is 0 Å². The normalized spacial score (nSPS) is 10.3. The van der Waals surface area contributed by atoms with Crippen LogP contribution in [-0.2, 0) is 11.3 Å². The molecule has 0 unspecified atom stereocenters. The summed E-state index contributed by atoms with van der Waals surface area (Å²) >= 11 is 0. The second-order valence-electron chi connectivity index (χ2n) is 5.16. The number of carbonyl (C=O) groups excluding carboxylic acids is 2. The van der Waals surface area contributed by atoms with E-state index in [0.717, 1.165) is 5.56 Å². The lowest BCUT2D eigenvalue weighted by atomic mass is 10.2. The summed E-state index contributed by atoms with van der Waals surface area (Å²) in [6.07, 6.45) is 5.16. The predicted octanol–water partition coefficient (Wildman–Crippen LogP) is 2.15. The molecule has 0 aliphatic rings. The number of nitrogens with zero attached hydrogens (tertiary/aromatic N) is 2. The van der Waals surface area contributed by atoms with Gasteiger partial charge in [0, 0.05) is 38.4 Å². The lowest BCUT2D eigenvalue weighted by Crippen LogP contribution is -2.35. The molecule has 0 saturated heterocycles. The molecular formula is C17H21N3O3. The van der Waals surface area contributed by atoms with Gasteiger partial charge in [-0.25, -0.2) is 0 Å². The third-order valence-corrected chi connectivity index (χ3v) is 3.58. The molecule has 0 radical (unpaired) electrons. The van der Waals surface area contributed by atoms with E-state index < -0.39 is 0 Å². The maximum absolute atomic E-state index is 12.4. The number of hydrogen-bond donors (Lipinski definition) is 1. The summed E-state index contributed by atoms with van der Waals surface area (Å²) in [6.45, 7) is 4.99. The minimum Gasteiger partial charge on any atom is -0.469 e. The predicted molar refractivity (Wildman–Crippen MR) is 85.7 cm³/mol. The summed E-state index contributed by atoms with van der Waals surface area (Å²) in [4.78, 5) is 29.9. The number of aromatic nitrogens is 1. The quantitative estimate of drug-likeness (QED) is 0.849. The molecular weight excluding hydrogens is 294 g/mol. The van der Waals surface area contributed by atoms with Gasteiger partial charge in [-0.2, -0.15) is 0 Å². The van der Waals surface area contributed by atoms with E-state index in [-0.39, 0.29) is 18.2 Å². The summed E-state index contributed by atoms with van der Waals surface area (Å²) in [7, 11) is 0. The van der Waals surface area contributed by atoms with E-state index >= 15 is 0 Å². The molecule has 0 saturated carbocycles. The first kappa shape index (κ1) is 16.7. The van der Waals surface area contributed by atoms with Gasteiger partial charge in [-0.1, -0.05) is 6.07 Å². The van der Waals surface area contributed by atoms with Gasteiger partial charge in [-0.15, -0.1) is 0 Å². The molecule has 6 nitrogen and oxygen atoms in total. The number of carbonyl (C=O) groups is 2. The topological polar surface area (TPSA) is 75.4 Å². The van der Waals surface area contributed by atoms with Gasteiger partial charge in [-0.05, 0) is 31.5 Å². The molecule has 0 fully saturated rings. The zero-order valence-corrected chi connectivity index (χ0v) is 13.4. The fraction of sp³-hybridized carbons (Fsp3) is 0.353. The van der Waals surface area contributed by atoms with Crippen molar-refractivity contribution in [3.8, 4) is 0 Å². The molecule has 2 rings (SSSR count). The lowest BCUT2D eigenvalue weighted by molar-refractivity contribution is -0.121. The lowest BCUT2D eigenvalue weighted by Gasteiger charge is -2.20. The minimum absolute atomic E-state index is 0.0935. The minimum atomic E-state index is -0.112. The van der Waals surface area contributed by atoms with Gasteiger partial charge in [0.25, 0.3) is 5.91 Å². The standard InChI is InChI=1S/C17H21N3O3/c1-3-20(17(22)15-7-10-23-13(15)2)9-6-16(21)19-12-14-5-4-8-18-11-14/h4-5,7-8,10-11H,3,6,9,12H2,1-2H3,(H,19,21). The fourth-order valence-electron chi connectivity index (χ4n) is 2.21. The van der Waals surface area contributed by atoms with Crippen LogP contribution >= 0.6 is 0 Å². The van der Waals surface area contributed by atoms with Crippen molar-refractivity contribution in [2.45, 2.75) is 26.8 Å². The van der Waals surface area contributed by atoms with E-state index in [9.17, 15) is 9.59 Å². The number of pyridine rings is 1. The van der Waals surface area contributed by atoms with Gasteiger partial charge in [-0.3, -0.25) is 14.6 Å². The zero-order valence-electron chi connectivity index (χ0n) is 13.4. The molecule has 2 amide bonds. The van der Waals surface area contributed by atoms with Crippen molar-refractivity contribution in [2.24, 2.45) is 0 Å². The number of amides is 2. The largest absolute Gasteiger partial charge is 0.469 e. The monoisotopic (exact) mass is 315 g/mol. The smallest absolute Gasteiger partial charge is 0.257 e. The van der Waals surface area contributed by atoms with Crippen LogP contribution in [0.4, 0.5) is 0 Å². The van der Waals surface area contributed by atoms with Crippen LogP contribution in [0.5, 0.6) is 0 Å². The van der Waals surface area contributed by atoms with Crippen molar-refractivity contribution in [2.75, 3.05) is 13.1 Å². The molecule has 122 valence electrons. The van der Waals surface area contributed by atoms with Crippen molar-refractivity contribution in [3.63, 3.8) is 0 Å². The second-order valence-corrected chi connectivity index (χ2v) is 5.16. The third kappa shape index (κ3) is 4.67. The number of nitrogens with one attached hydrogen (secondary N) is 1. The van der Waals surface area contributed by atoms with E-state index in [2.05, 4.69) is 10.3 Å². The van der Waals surface area contributed by atoms with Crippen LogP contribution in [0.3, 0.4) is 0 Å². The van der Waals surface area contributed by atoms with Gasteiger partial charge in [0.15, 0.2) is 0 Å². The highest BCUT2D eigenvalue weighted by Gasteiger charge is 2.18. The summed E-state index contributed by atoms with van der Waals surface area (Å²) < 4.78 is 5.16. The Bertz CT molecular complexity index is 652. The van der Waals surface area contributed by atoms with Gasteiger partial charge in [0.1, 0.15) is 5.76 Å². The molecule has 0 atom stereocenters. The molecule has 23 heavy (non-hydrogen) atoms. The Hall–Kier alpha value is -2.63. The Morgan fingerprint density at radius 3 is 2.78 bits per heavy atom. The van der Waals surface area contributed by atoms with Gasteiger partial charge in [0.2, 0.25) is 5.91 Å². The molecule has 0 aliphatic carbocycles. The highest BCUT2D eigenvalue weighted by Crippen LogP contribution is 2.12.